The molecule has 240 valence electrons. The first-order valence-electron chi connectivity index (χ1n) is 15.7. The van der Waals surface area contributed by atoms with E-state index in [0.717, 1.165) is 30.9 Å². The summed E-state index contributed by atoms with van der Waals surface area (Å²) >= 11 is 0. The van der Waals surface area contributed by atoms with Crippen LogP contribution in [-0.4, -0.2) is 59.8 Å². The zero-order valence-corrected chi connectivity index (χ0v) is 26.3. The Morgan fingerprint density at radius 1 is 0.830 bits per heavy atom. The van der Waals surface area contributed by atoms with Gasteiger partial charge in [0, 0.05) is 52.7 Å². The average Bonchev–Trinajstić information content (AvgIpc) is 3.75. The number of nitrogens with zero attached hydrogens (tertiary/aromatic N) is 1. The van der Waals surface area contributed by atoms with Gasteiger partial charge in [-0.05, 0) is 93.9 Å². The third kappa shape index (κ3) is 7.26. The number of amides is 5. The summed E-state index contributed by atoms with van der Waals surface area (Å²) in [4.78, 5) is 57.0. The Labute approximate surface area is 272 Å². The Morgan fingerprint density at radius 3 is 2.28 bits per heavy atom. The van der Waals surface area contributed by atoms with Crippen LogP contribution >= 0.6 is 0 Å². The summed E-state index contributed by atoms with van der Waals surface area (Å²) in [5, 5.41) is 14.3. The van der Waals surface area contributed by atoms with Crippen molar-refractivity contribution in [3.8, 4) is 0 Å². The lowest BCUT2D eigenvalue weighted by molar-refractivity contribution is -0.110. The minimum atomic E-state index is -0.486. The highest BCUT2D eigenvalue weighted by molar-refractivity contribution is 6.35. The van der Waals surface area contributed by atoms with Crippen molar-refractivity contribution in [2.24, 2.45) is 0 Å². The normalized spacial score (nSPS) is 14.9. The molecule has 11 heteroatoms. The molecule has 3 aromatic carbocycles. The van der Waals surface area contributed by atoms with Gasteiger partial charge < -0.3 is 36.5 Å². The number of benzene rings is 3. The maximum Gasteiger partial charge on any atom is 0.323 e. The maximum absolute atomic E-state index is 13.0. The average molecular weight is 632 g/mol. The molecule has 2 aliphatic heterocycles. The third-order valence-electron chi connectivity index (χ3n) is 8.38. The van der Waals surface area contributed by atoms with Crippen LogP contribution in [0.3, 0.4) is 0 Å². The van der Waals surface area contributed by atoms with E-state index in [-0.39, 0.29) is 17.7 Å². The molecule has 47 heavy (non-hydrogen) atoms. The first-order chi connectivity index (χ1) is 22.7. The van der Waals surface area contributed by atoms with Gasteiger partial charge in [-0.2, -0.15) is 0 Å². The first-order valence-corrected chi connectivity index (χ1v) is 15.7. The number of likely N-dealkylation sites (tertiary alicyclic amines) is 1. The number of rotatable bonds is 9. The molecule has 0 unspecified atom stereocenters. The van der Waals surface area contributed by atoms with Crippen molar-refractivity contribution in [1.29, 1.82) is 0 Å². The highest BCUT2D eigenvalue weighted by Crippen LogP contribution is 2.36. The molecule has 1 saturated heterocycles. The van der Waals surface area contributed by atoms with Crippen LogP contribution in [0, 0.1) is 13.8 Å². The molecule has 0 spiro atoms. The van der Waals surface area contributed by atoms with E-state index in [1.165, 1.54) is 12.8 Å². The van der Waals surface area contributed by atoms with Crippen LogP contribution in [0.5, 0.6) is 0 Å². The second kappa shape index (κ2) is 13.8. The third-order valence-corrected chi connectivity index (χ3v) is 8.38. The highest BCUT2D eigenvalue weighted by atomic mass is 16.2. The van der Waals surface area contributed by atoms with Crippen molar-refractivity contribution in [2.45, 2.75) is 26.7 Å². The number of fused-ring (bicyclic) bond motifs is 1. The number of carbonyl (C=O) groups excluding carboxylic acids is 4. The number of H-pyrrole nitrogens is 1. The van der Waals surface area contributed by atoms with Crippen LogP contribution in [0.1, 0.15) is 56.1 Å². The monoisotopic (exact) mass is 631 g/mol. The van der Waals surface area contributed by atoms with Crippen molar-refractivity contribution in [3.05, 3.63) is 106 Å². The van der Waals surface area contributed by atoms with E-state index in [1.807, 2.05) is 19.9 Å². The number of hydrogen-bond donors (Lipinski definition) is 6. The van der Waals surface area contributed by atoms with Crippen molar-refractivity contribution in [1.82, 2.24) is 15.2 Å². The lowest BCUT2D eigenvalue weighted by atomic mass is 10.0. The largest absolute Gasteiger partial charge is 0.358 e. The Morgan fingerprint density at radius 2 is 1.53 bits per heavy atom. The van der Waals surface area contributed by atoms with Gasteiger partial charge in [0.05, 0.1) is 16.8 Å². The van der Waals surface area contributed by atoms with Crippen LogP contribution in [0.25, 0.3) is 11.6 Å². The van der Waals surface area contributed by atoms with E-state index in [4.69, 9.17) is 0 Å². The van der Waals surface area contributed by atoms with Crippen molar-refractivity contribution < 1.29 is 19.2 Å². The molecule has 6 rings (SSSR count). The van der Waals surface area contributed by atoms with E-state index in [1.54, 1.807) is 72.8 Å². The quantitative estimate of drug-likeness (QED) is 0.128. The fourth-order valence-electron chi connectivity index (χ4n) is 6.00. The summed E-state index contributed by atoms with van der Waals surface area (Å²) < 4.78 is 0. The Balaban J connectivity index is 1.09. The van der Waals surface area contributed by atoms with Gasteiger partial charge in [-0.3, -0.25) is 14.4 Å². The lowest BCUT2D eigenvalue weighted by Crippen LogP contribution is -2.33. The fourth-order valence-corrected chi connectivity index (χ4v) is 6.00. The fraction of sp³-hybridized carbons (Fsp3) is 0.222. The van der Waals surface area contributed by atoms with Gasteiger partial charge in [0.15, 0.2) is 0 Å². The lowest BCUT2D eigenvalue weighted by Gasteiger charge is -2.14. The number of nitrogens with one attached hydrogen (secondary N) is 6. The van der Waals surface area contributed by atoms with Gasteiger partial charge in [-0.15, -0.1) is 0 Å². The van der Waals surface area contributed by atoms with Crippen LogP contribution in [0.15, 0.2) is 72.8 Å². The van der Waals surface area contributed by atoms with Crippen LogP contribution in [0.2, 0.25) is 0 Å². The number of aryl methyl sites for hydroxylation is 1. The van der Waals surface area contributed by atoms with E-state index in [2.05, 4.69) is 36.5 Å². The van der Waals surface area contributed by atoms with Crippen LogP contribution < -0.4 is 26.6 Å². The molecular weight excluding hydrogens is 594 g/mol. The second-order valence-electron chi connectivity index (χ2n) is 11.7. The van der Waals surface area contributed by atoms with Gasteiger partial charge in [0.1, 0.15) is 0 Å². The molecule has 0 bridgehead atoms. The van der Waals surface area contributed by atoms with E-state index in [9.17, 15) is 19.2 Å². The molecule has 0 aliphatic carbocycles. The summed E-state index contributed by atoms with van der Waals surface area (Å²) in [6.45, 7) is 7.31. The first kappa shape index (κ1) is 31.3. The second-order valence-corrected chi connectivity index (χ2v) is 11.7. The molecule has 0 saturated carbocycles. The predicted molar refractivity (Wildman–Crippen MR) is 185 cm³/mol. The summed E-state index contributed by atoms with van der Waals surface area (Å²) in [6.07, 6.45) is 4.17. The minimum Gasteiger partial charge on any atom is -0.358 e. The zero-order valence-electron chi connectivity index (χ0n) is 26.3. The van der Waals surface area contributed by atoms with Gasteiger partial charge in [0.25, 0.3) is 17.7 Å². The van der Waals surface area contributed by atoms with Gasteiger partial charge in [-0.25, -0.2) is 4.79 Å². The molecule has 3 heterocycles. The topological polar surface area (TPSA) is 147 Å². The Hall–Kier alpha value is -5.68. The number of aromatic amines is 1. The number of aromatic nitrogens is 1. The number of carbonyl (C=O) groups is 4. The molecule has 5 amide bonds. The smallest absolute Gasteiger partial charge is 0.323 e. The summed E-state index contributed by atoms with van der Waals surface area (Å²) in [7, 11) is 0. The Kier molecular flexibility index (Phi) is 9.16. The number of hydrogen-bond acceptors (Lipinski definition) is 5. The molecule has 11 nitrogen and oxygen atoms in total. The van der Waals surface area contributed by atoms with E-state index < -0.39 is 6.03 Å². The van der Waals surface area contributed by atoms with Crippen LogP contribution in [-0.2, 0) is 4.79 Å². The maximum atomic E-state index is 13.0. The highest BCUT2D eigenvalue weighted by Gasteiger charge is 2.26. The standard InChI is InChI=1S/C36H37N7O4/c1-22-30(38-23(2)32(22)35(46)37-15-18-43-16-6-7-17-43)21-29-28-14-13-27(20-31(28)42-34(29)45)41-36(47)40-26-12-8-11-25(19-26)39-33(44)24-9-4-3-5-10-24/h3-5,8-14,19-21,38H,6-7,15-18H2,1-2H3,(H,37,46)(H,39,44)(H,42,45)(H2,40,41,47)/b29-21-. The van der Waals surface area contributed by atoms with E-state index >= 15 is 0 Å². The van der Waals surface area contributed by atoms with Crippen molar-refractivity contribution in [3.63, 3.8) is 0 Å². The molecule has 1 fully saturated rings. The SMILES string of the molecule is Cc1[nH]c(/C=C2\C(=O)Nc3cc(NC(=O)Nc4cccc(NC(=O)c5ccccc5)c4)ccc32)c(C)c1C(=O)NCCN1CCCC1. The Bertz CT molecular complexity index is 1870. The number of urea groups is 1. The van der Waals surface area contributed by atoms with Gasteiger partial charge in [0.2, 0.25) is 0 Å². The van der Waals surface area contributed by atoms with Crippen LogP contribution in [0.4, 0.5) is 27.5 Å². The molecule has 0 atom stereocenters. The van der Waals surface area contributed by atoms with Gasteiger partial charge >= 0.3 is 6.03 Å². The van der Waals surface area contributed by atoms with Crippen molar-refractivity contribution >= 4 is 58.2 Å². The summed E-state index contributed by atoms with van der Waals surface area (Å²) in [6, 6.07) is 20.4. The molecule has 2 aliphatic rings. The molecule has 0 radical (unpaired) electrons. The molecule has 6 N–H and O–H groups in total. The van der Waals surface area contributed by atoms with Gasteiger partial charge in [-0.1, -0.05) is 30.3 Å². The molecule has 1 aromatic heterocycles. The number of anilines is 4. The minimum absolute atomic E-state index is 0.131. The predicted octanol–water partition coefficient (Wildman–Crippen LogP) is 5.85. The molecular formula is C36H37N7O4. The van der Waals surface area contributed by atoms with E-state index in [0.29, 0.717) is 57.3 Å². The summed E-state index contributed by atoms with van der Waals surface area (Å²) in [5.74, 6) is -0.662. The summed E-state index contributed by atoms with van der Waals surface area (Å²) in [5.41, 5.74) is 6.52. The zero-order chi connectivity index (χ0) is 32.9. The van der Waals surface area contributed by atoms with Crippen molar-refractivity contribution in [2.75, 3.05) is 47.4 Å². The molecule has 4 aromatic rings.